The summed E-state index contributed by atoms with van der Waals surface area (Å²) in [6.45, 7) is 4.43. The quantitative estimate of drug-likeness (QED) is 0.363. The van der Waals surface area contributed by atoms with Crippen LogP contribution in [0.3, 0.4) is 0 Å². The Bertz CT molecular complexity index is 1140. The van der Waals surface area contributed by atoms with Gasteiger partial charge in [-0.15, -0.1) is 0 Å². The van der Waals surface area contributed by atoms with Gasteiger partial charge < -0.3 is 4.57 Å². The average Bonchev–Trinajstić information content (AvgIpc) is 3.18. The number of nitrogens with zero attached hydrogens (tertiary/aromatic N) is 2. The van der Waals surface area contributed by atoms with Crippen molar-refractivity contribution in [2.45, 2.75) is 19.8 Å². The van der Waals surface area contributed by atoms with Gasteiger partial charge in [-0.2, -0.15) is 0 Å². The van der Waals surface area contributed by atoms with E-state index >= 15 is 0 Å². The predicted molar refractivity (Wildman–Crippen MR) is 109 cm³/mol. The molecule has 1 aliphatic rings. The number of benzene rings is 3. The first kappa shape index (κ1) is 15.2. The standard InChI is InChI=1S/C24H20N2/c1-16(2)17-11-13-19(14-12-17)25-24-20-8-4-6-10-22(20)26-21-9-5-3-7-18(21)15-23(24)26/h3-16H,1-2H3. The van der Waals surface area contributed by atoms with E-state index in [1.54, 1.807) is 0 Å². The Morgan fingerprint density at radius 3 is 2.35 bits per heavy atom. The van der Waals surface area contributed by atoms with Gasteiger partial charge in [-0.05, 0) is 41.8 Å². The summed E-state index contributed by atoms with van der Waals surface area (Å²) in [5, 5.41) is 1.25. The molecule has 5 rings (SSSR count). The van der Waals surface area contributed by atoms with Crippen LogP contribution in [-0.4, -0.2) is 10.3 Å². The Balaban J connectivity index is 1.72. The highest BCUT2D eigenvalue weighted by Crippen LogP contribution is 2.35. The number of aromatic nitrogens is 1. The molecule has 0 aliphatic carbocycles. The van der Waals surface area contributed by atoms with Gasteiger partial charge in [0.05, 0.1) is 28.3 Å². The minimum absolute atomic E-state index is 0.534. The number of aliphatic imine (C=N–C) groups is 1. The molecule has 26 heavy (non-hydrogen) atoms. The van der Waals surface area contributed by atoms with Crippen LogP contribution in [0.25, 0.3) is 16.6 Å². The summed E-state index contributed by atoms with van der Waals surface area (Å²) in [4.78, 5) is 5.03. The van der Waals surface area contributed by atoms with Gasteiger partial charge in [0, 0.05) is 10.9 Å². The van der Waals surface area contributed by atoms with Crippen molar-refractivity contribution in [3.8, 4) is 5.69 Å². The third kappa shape index (κ3) is 2.22. The van der Waals surface area contributed by atoms with E-state index in [0.29, 0.717) is 5.92 Å². The van der Waals surface area contributed by atoms with E-state index in [4.69, 9.17) is 4.99 Å². The number of hydrogen-bond donors (Lipinski definition) is 0. The number of rotatable bonds is 2. The second kappa shape index (κ2) is 5.70. The summed E-state index contributed by atoms with van der Waals surface area (Å²) >= 11 is 0. The predicted octanol–water partition coefficient (Wildman–Crippen LogP) is 6.24. The van der Waals surface area contributed by atoms with Crippen LogP contribution in [0.1, 0.15) is 36.6 Å². The monoisotopic (exact) mass is 336 g/mol. The fourth-order valence-electron chi connectivity index (χ4n) is 3.78. The zero-order valence-corrected chi connectivity index (χ0v) is 15.0. The van der Waals surface area contributed by atoms with Crippen LogP contribution in [-0.2, 0) is 0 Å². The molecule has 0 bridgehead atoms. The number of fused-ring (bicyclic) bond motifs is 5. The van der Waals surface area contributed by atoms with Gasteiger partial charge in [0.1, 0.15) is 0 Å². The lowest BCUT2D eigenvalue weighted by molar-refractivity contribution is 0.867. The maximum absolute atomic E-state index is 5.03. The molecule has 0 fully saturated rings. The molecule has 0 amide bonds. The van der Waals surface area contributed by atoms with Gasteiger partial charge in [-0.25, -0.2) is 4.99 Å². The van der Waals surface area contributed by atoms with Crippen LogP contribution < -0.4 is 0 Å². The zero-order chi connectivity index (χ0) is 17.7. The maximum Gasteiger partial charge on any atom is 0.0970 e. The lowest BCUT2D eigenvalue weighted by Crippen LogP contribution is -1.97. The van der Waals surface area contributed by atoms with Crippen LogP contribution in [0.2, 0.25) is 0 Å². The van der Waals surface area contributed by atoms with Gasteiger partial charge in [-0.1, -0.05) is 62.4 Å². The third-order valence-corrected chi connectivity index (χ3v) is 5.15. The second-order valence-electron chi connectivity index (χ2n) is 7.15. The van der Waals surface area contributed by atoms with Crippen molar-refractivity contribution >= 4 is 22.3 Å². The first-order valence-corrected chi connectivity index (χ1v) is 9.11. The Morgan fingerprint density at radius 2 is 1.54 bits per heavy atom. The van der Waals surface area contributed by atoms with Crippen LogP contribution in [0, 0.1) is 0 Å². The summed E-state index contributed by atoms with van der Waals surface area (Å²) in [6, 6.07) is 27.9. The minimum Gasteiger partial charge on any atom is -0.307 e. The molecule has 0 N–H and O–H groups in total. The van der Waals surface area contributed by atoms with E-state index in [2.05, 4.69) is 97.3 Å². The van der Waals surface area contributed by atoms with Crippen molar-refractivity contribution in [2.75, 3.05) is 0 Å². The summed E-state index contributed by atoms with van der Waals surface area (Å²) in [5.74, 6) is 0.534. The largest absolute Gasteiger partial charge is 0.307 e. The topological polar surface area (TPSA) is 17.3 Å². The molecule has 0 saturated carbocycles. The average molecular weight is 336 g/mol. The highest BCUT2D eigenvalue weighted by molar-refractivity contribution is 6.20. The molecule has 2 nitrogen and oxygen atoms in total. The van der Waals surface area contributed by atoms with Gasteiger partial charge >= 0.3 is 0 Å². The lowest BCUT2D eigenvalue weighted by Gasteiger charge is -2.05. The lowest BCUT2D eigenvalue weighted by atomic mass is 10.0. The fourth-order valence-corrected chi connectivity index (χ4v) is 3.78. The summed E-state index contributed by atoms with van der Waals surface area (Å²) < 4.78 is 2.33. The fraction of sp³-hybridized carbons (Fsp3) is 0.125. The molecular formula is C24H20N2. The van der Waals surface area contributed by atoms with E-state index < -0.39 is 0 Å². The van der Waals surface area contributed by atoms with E-state index in [0.717, 1.165) is 11.4 Å². The molecule has 1 aromatic heterocycles. The molecule has 0 radical (unpaired) electrons. The molecule has 3 aromatic carbocycles. The highest BCUT2D eigenvalue weighted by Gasteiger charge is 2.26. The Hall–Kier alpha value is -3.13. The van der Waals surface area contributed by atoms with Gasteiger partial charge in [-0.3, -0.25) is 0 Å². The molecule has 2 heteroatoms. The molecule has 1 aliphatic heterocycles. The maximum atomic E-state index is 5.03. The second-order valence-corrected chi connectivity index (χ2v) is 7.15. The summed E-state index contributed by atoms with van der Waals surface area (Å²) in [6.07, 6.45) is 0. The Morgan fingerprint density at radius 1 is 0.808 bits per heavy atom. The first-order valence-electron chi connectivity index (χ1n) is 9.11. The van der Waals surface area contributed by atoms with Crippen molar-refractivity contribution in [1.82, 2.24) is 4.57 Å². The molecule has 0 saturated heterocycles. The van der Waals surface area contributed by atoms with Crippen LogP contribution in [0.4, 0.5) is 5.69 Å². The van der Waals surface area contributed by atoms with Crippen LogP contribution in [0.15, 0.2) is 83.9 Å². The third-order valence-electron chi connectivity index (χ3n) is 5.15. The molecule has 126 valence electrons. The van der Waals surface area contributed by atoms with Crippen molar-refractivity contribution in [3.63, 3.8) is 0 Å². The van der Waals surface area contributed by atoms with Crippen molar-refractivity contribution < 1.29 is 0 Å². The molecular weight excluding hydrogens is 316 g/mol. The van der Waals surface area contributed by atoms with Crippen molar-refractivity contribution in [3.05, 3.63) is 95.7 Å². The number of para-hydroxylation sites is 2. The van der Waals surface area contributed by atoms with Gasteiger partial charge in [0.25, 0.3) is 0 Å². The SMILES string of the molecule is CC(C)c1ccc(N=C2c3ccccc3-n3c2cc2ccccc23)cc1. The highest BCUT2D eigenvalue weighted by atomic mass is 15.0. The normalized spacial score (nSPS) is 14.2. The summed E-state index contributed by atoms with van der Waals surface area (Å²) in [5.41, 5.74) is 8.19. The number of hydrogen-bond acceptors (Lipinski definition) is 1. The van der Waals surface area contributed by atoms with Gasteiger partial charge in [0.15, 0.2) is 0 Å². The van der Waals surface area contributed by atoms with E-state index in [-0.39, 0.29) is 0 Å². The Labute approximate surface area is 153 Å². The molecule has 2 heterocycles. The van der Waals surface area contributed by atoms with E-state index in [1.165, 1.54) is 33.4 Å². The van der Waals surface area contributed by atoms with E-state index in [1.807, 2.05) is 0 Å². The summed E-state index contributed by atoms with van der Waals surface area (Å²) in [7, 11) is 0. The molecule has 0 unspecified atom stereocenters. The smallest absolute Gasteiger partial charge is 0.0970 e. The molecule has 4 aromatic rings. The van der Waals surface area contributed by atoms with Crippen molar-refractivity contribution in [1.29, 1.82) is 0 Å². The Kier molecular flexibility index (Phi) is 3.32. The zero-order valence-electron chi connectivity index (χ0n) is 15.0. The molecule has 0 atom stereocenters. The van der Waals surface area contributed by atoms with Crippen LogP contribution in [0.5, 0.6) is 0 Å². The first-order chi connectivity index (χ1) is 12.7. The van der Waals surface area contributed by atoms with Gasteiger partial charge in [0.2, 0.25) is 0 Å². The minimum atomic E-state index is 0.534. The van der Waals surface area contributed by atoms with Crippen molar-refractivity contribution in [2.24, 2.45) is 4.99 Å². The molecule has 0 spiro atoms. The van der Waals surface area contributed by atoms with Crippen LogP contribution >= 0.6 is 0 Å². The van der Waals surface area contributed by atoms with E-state index in [9.17, 15) is 0 Å².